The number of amides is 1. The van der Waals surface area contributed by atoms with Crippen molar-refractivity contribution in [1.82, 2.24) is 9.55 Å². The summed E-state index contributed by atoms with van der Waals surface area (Å²) >= 11 is 7.10. The molecule has 0 aliphatic carbocycles. The standard InChI is InChI=1S/C25H21ClFN3O2S/c1-3-16-8-6-7-15(2)23(16)29-22(31)14-33-25-28-21-10-5-4-9-18(21)24(32)30(25)17-11-12-20(27)19(26)13-17/h4-13H,3,14H2,1-2H3,(H,29,31). The number of rotatable bonds is 6. The Morgan fingerprint density at radius 3 is 2.70 bits per heavy atom. The molecule has 3 aromatic carbocycles. The summed E-state index contributed by atoms with van der Waals surface area (Å²) in [6.07, 6.45) is 0.793. The van der Waals surface area contributed by atoms with Crippen LogP contribution in [0.5, 0.6) is 0 Å². The molecule has 0 fully saturated rings. The van der Waals surface area contributed by atoms with E-state index in [2.05, 4.69) is 10.3 Å². The van der Waals surface area contributed by atoms with E-state index in [4.69, 9.17) is 11.6 Å². The predicted octanol–water partition coefficient (Wildman–Crippen LogP) is 5.78. The molecule has 5 nitrogen and oxygen atoms in total. The Hall–Kier alpha value is -3.16. The van der Waals surface area contributed by atoms with Gasteiger partial charge < -0.3 is 5.32 Å². The van der Waals surface area contributed by atoms with Gasteiger partial charge in [0.2, 0.25) is 5.91 Å². The Kier molecular flexibility index (Phi) is 6.81. The first-order chi connectivity index (χ1) is 15.9. The van der Waals surface area contributed by atoms with Crippen LogP contribution in [0.15, 0.2) is 70.6 Å². The van der Waals surface area contributed by atoms with Gasteiger partial charge in [-0.2, -0.15) is 0 Å². The van der Waals surface area contributed by atoms with Gasteiger partial charge in [-0.25, -0.2) is 9.37 Å². The van der Waals surface area contributed by atoms with Crippen LogP contribution in [0.3, 0.4) is 0 Å². The zero-order valence-corrected chi connectivity index (χ0v) is 19.6. The number of hydrogen-bond acceptors (Lipinski definition) is 4. The molecule has 0 bridgehead atoms. The number of halogens is 2. The second-order valence-corrected chi connectivity index (χ2v) is 8.80. The number of hydrogen-bond donors (Lipinski definition) is 1. The van der Waals surface area contributed by atoms with Crippen LogP contribution >= 0.6 is 23.4 Å². The topological polar surface area (TPSA) is 64.0 Å². The largest absolute Gasteiger partial charge is 0.325 e. The molecular weight excluding hydrogens is 461 g/mol. The van der Waals surface area contributed by atoms with Crippen molar-refractivity contribution >= 4 is 45.9 Å². The van der Waals surface area contributed by atoms with Crippen molar-refractivity contribution in [2.24, 2.45) is 0 Å². The smallest absolute Gasteiger partial charge is 0.266 e. The van der Waals surface area contributed by atoms with Gasteiger partial charge in [-0.05, 0) is 54.8 Å². The highest BCUT2D eigenvalue weighted by Gasteiger charge is 2.16. The molecular formula is C25H21ClFN3O2S. The normalized spacial score (nSPS) is 11.0. The number of benzene rings is 3. The Morgan fingerprint density at radius 1 is 1.15 bits per heavy atom. The first-order valence-corrected chi connectivity index (χ1v) is 11.7. The van der Waals surface area contributed by atoms with E-state index >= 15 is 0 Å². The zero-order valence-electron chi connectivity index (χ0n) is 18.1. The number of nitrogens with zero attached hydrogens (tertiary/aromatic N) is 2. The van der Waals surface area contributed by atoms with Gasteiger partial charge in [-0.1, -0.05) is 60.6 Å². The maximum Gasteiger partial charge on any atom is 0.266 e. The van der Waals surface area contributed by atoms with Crippen molar-refractivity contribution in [3.05, 3.63) is 93.0 Å². The minimum Gasteiger partial charge on any atom is -0.325 e. The number of fused-ring (bicyclic) bond motifs is 1. The third kappa shape index (κ3) is 4.79. The summed E-state index contributed by atoms with van der Waals surface area (Å²) in [6, 6.07) is 16.9. The van der Waals surface area contributed by atoms with Gasteiger partial charge in [0.15, 0.2) is 5.16 Å². The van der Waals surface area contributed by atoms with Crippen molar-refractivity contribution in [2.75, 3.05) is 11.1 Å². The summed E-state index contributed by atoms with van der Waals surface area (Å²) in [6.45, 7) is 3.98. The summed E-state index contributed by atoms with van der Waals surface area (Å²) in [4.78, 5) is 30.7. The lowest BCUT2D eigenvalue weighted by molar-refractivity contribution is -0.113. The number of nitrogens with one attached hydrogen (secondary N) is 1. The van der Waals surface area contributed by atoms with Crippen LogP contribution in [0.1, 0.15) is 18.1 Å². The zero-order chi connectivity index (χ0) is 23.5. The summed E-state index contributed by atoms with van der Waals surface area (Å²) in [5.41, 5.74) is 3.41. The SMILES string of the molecule is CCc1cccc(C)c1NC(=O)CSc1nc2ccccc2c(=O)n1-c1ccc(F)c(Cl)c1. The van der Waals surface area contributed by atoms with E-state index in [-0.39, 0.29) is 22.2 Å². The molecule has 0 aliphatic heterocycles. The fourth-order valence-corrected chi connectivity index (χ4v) is 4.56. The second kappa shape index (κ2) is 9.77. The molecule has 1 aromatic heterocycles. The first-order valence-electron chi connectivity index (χ1n) is 10.4. The third-order valence-corrected chi connectivity index (χ3v) is 6.47. The molecule has 0 unspecified atom stereocenters. The van der Waals surface area contributed by atoms with Crippen molar-refractivity contribution in [2.45, 2.75) is 25.4 Å². The highest BCUT2D eigenvalue weighted by atomic mass is 35.5. The van der Waals surface area contributed by atoms with E-state index in [0.29, 0.717) is 21.7 Å². The van der Waals surface area contributed by atoms with Gasteiger partial charge in [-0.15, -0.1) is 0 Å². The van der Waals surface area contributed by atoms with Crippen LogP contribution in [0.4, 0.5) is 10.1 Å². The van der Waals surface area contributed by atoms with Crippen molar-refractivity contribution in [3.63, 3.8) is 0 Å². The van der Waals surface area contributed by atoms with Gasteiger partial charge in [0.05, 0.1) is 27.4 Å². The molecule has 1 amide bonds. The quantitative estimate of drug-likeness (QED) is 0.280. The molecule has 0 aliphatic rings. The molecule has 0 atom stereocenters. The third-order valence-electron chi connectivity index (χ3n) is 5.24. The molecule has 33 heavy (non-hydrogen) atoms. The molecule has 0 spiro atoms. The highest BCUT2D eigenvalue weighted by molar-refractivity contribution is 7.99. The summed E-state index contributed by atoms with van der Waals surface area (Å²) in [5.74, 6) is -0.757. The lowest BCUT2D eigenvalue weighted by Gasteiger charge is -2.15. The van der Waals surface area contributed by atoms with E-state index in [0.717, 1.165) is 35.0 Å². The molecule has 8 heteroatoms. The van der Waals surface area contributed by atoms with Crippen LogP contribution in [0, 0.1) is 12.7 Å². The van der Waals surface area contributed by atoms with Crippen LogP contribution in [-0.2, 0) is 11.2 Å². The van der Waals surface area contributed by atoms with E-state index in [1.807, 2.05) is 32.0 Å². The lowest BCUT2D eigenvalue weighted by Crippen LogP contribution is -2.23. The molecule has 1 heterocycles. The van der Waals surface area contributed by atoms with Gasteiger partial charge in [0, 0.05) is 5.69 Å². The van der Waals surface area contributed by atoms with Crippen LogP contribution in [0.2, 0.25) is 5.02 Å². The fraction of sp³-hybridized carbons (Fsp3) is 0.160. The van der Waals surface area contributed by atoms with Gasteiger partial charge >= 0.3 is 0 Å². The lowest BCUT2D eigenvalue weighted by atomic mass is 10.1. The summed E-state index contributed by atoms with van der Waals surface area (Å²) in [5, 5.41) is 3.61. The molecule has 4 aromatic rings. The van der Waals surface area contributed by atoms with E-state index in [1.54, 1.807) is 24.3 Å². The molecule has 168 valence electrons. The average molecular weight is 482 g/mol. The molecule has 0 radical (unpaired) electrons. The van der Waals surface area contributed by atoms with Crippen molar-refractivity contribution in [1.29, 1.82) is 0 Å². The van der Waals surface area contributed by atoms with E-state index < -0.39 is 5.82 Å². The highest BCUT2D eigenvalue weighted by Crippen LogP contribution is 2.26. The summed E-state index contributed by atoms with van der Waals surface area (Å²) < 4.78 is 15.1. The predicted molar refractivity (Wildman–Crippen MR) is 132 cm³/mol. The number of thioether (sulfide) groups is 1. The number of aryl methyl sites for hydroxylation is 2. The Morgan fingerprint density at radius 2 is 1.94 bits per heavy atom. The van der Waals surface area contributed by atoms with Gasteiger partial charge in [0.1, 0.15) is 5.82 Å². The number of anilines is 1. The van der Waals surface area contributed by atoms with Crippen molar-refractivity contribution < 1.29 is 9.18 Å². The van der Waals surface area contributed by atoms with E-state index in [1.165, 1.54) is 22.8 Å². The maximum atomic E-state index is 13.7. The summed E-state index contributed by atoms with van der Waals surface area (Å²) in [7, 11) is 0. The molecule has 0 saturated heterocycles. The van der Waals surface area contributed by atoms with Gasteiger partial charge in [0.25, 0.3) is 5.56 Å². The minimum absolute atomic E-state index is 0.0389. The molecule has 0 saturated carbocycles. The van der Waals surface area contributed by atoms with Crippen LogP contribution in [0.25, 0.3) is 16.6 Å². The fourth-order valence-electron chi connectivity index (χ4n) is 3.57. The second-order valence-electron chi connectivity index (χ2n) is 7.45. The number of aromatic nitrogens is 2. The van der Waals surface area contributed by atoms with Gasteiger partial charge in [-0.3, -0.25) is 14.2 Å². The van der Waals surface area contributed by atoms with Crippen LogP contribution < -0.4 is 10.9 Å². The Labute approximate surface area is 199 Å². The Balaban J connectivity index is 1.69. The molecule has 4 rings (SSSR count). The minimum atomic E-state index is -0.583. The number of para-hydroxylation sites is 2. The molecule has 1 N–H and O–H groups in total. The first kappa shape index (κ1) is 23.0. The number of carbonyl (C=O) groups excluding carboxylic acids is 1. The van der Waals surface area contributed by atoms with Crippen molar-refractivity contribution in [3.8, 4) is 5.69 Å². The monoisotopic (exact) mass is 481 g/mol. The number of carbonyl (C=O) groups is 1. The Bertz CT molecular complexity index is 1420. The van der Waals surface area contributed by atoms with Crippen LogP contribution in [-0.4, -0.2) is 21.2 Å². The van der Waals surface area contributed by atoms with E-state index in [9.17, 15) is 14.0 Å². The maximum absolute atomic E-state index is 13.7. The average Bonchev–Trinajstić information content (AvgIpc) is 2.81.